The molecule has 0 fully saturated rings. The molecule has 0 radical (unpaired) electrons. The van der Waals surface area contributed by atoms with E-state index in [2.05, 4.69) is 41.2 Å². The second-order valence-electron chi connectivity index (χ2n) is 4.43. The summed E-state index contributed by atoms with van der Waals surface area (Å²) < 4.78 is 0. The monoisotopic (exact) mass is 230 g/mol. The summed E-state index contributed by atoms with van der Waals surface area (Å²) in [6, 6.07) is 10.1. The standard InChI is InChI=1S/C13H18N4/c1-9(2)12-15-13(17-16-12)11(8-14)10-6-4-3-5-7-10/h3-7,9,11H,8,14H2,1-2H3,(H,15,16,17). The lowest BCUT2D eigenvalue weighted by atomic mass is 9.99. The summed E-state index contributed by atoms with van der Waals surface area (Å²) in [4.78, 5) is 4.51. The third-order valence-corrected chi connectivity index (χ3v) is 2.80. The van der Waals surface area contributed by atoms with Gasteiger partial charge in [0.1, 0.15) is 5.82 Å². The maximum absolute atomic E-state index is 5.83. The summed E-state index contributed by atoms with van der Waals surface area (Å²) in [6.45, 7) is 4.68. The molecule has 4 nitrogen and oxygen atoms in total. The number of rotatable bonds is 4. The lowest BCUT2D eigenvalue weighted by molar-refractivity contribution is 0.751. The molecule has 1 heterocycles. The molecule has 1 aromatic carbocycles. The van der Waals surface area contributed by atoms with Gasteiger partial charge in [0.25, 0.3) is 0 Å². The molecule has 1 unspecified atom stereocenters. The van der Waals surface area contributed by atoms with Crippen LogP contribution in [0.5, 0.6) is 0 Å². The third-order valence-electron chi connectivity index (χ3n) is 2.80. The second-order valence-corrected chi connectivity index (χ2v) is 4.43. The molecule has 1 atom stereocenters. The molecule has 0 bridgehead atoms. The Balaban J connectivity index is 2.29. The van der Waals surface area contributed by atoms with Crippen LogP contribution in [0.4, 0.5) is 0 Å². The zero-order valence-corrected chi connectivity index (χ0v) is 10.2. The normalized spacial score (nSPS) is 12.9. The van der Waals surface area contributed by atoms with Crippen LogP contribution < -0.4 is 5.73 Å². The number of nitrogens with one attached hydrogen (secondary N) is 1. The number of hydrogen-bond donors (Lipinski definition) is 2. The van der Waals surface area contributed by atoms with Gasteiger partial charge in [-0.3, -0.25) is 5.10 Å². The number of aromatic amines is 1. The van der Waals surface area contributed by atoms with Crippen molar-refractivity contribution in [3.63, 3.8) is 0 Å². The van der Waals surface area contributed by atoms with Crippen molar-refractivity contribution in [2.24, 2.45) is 5.73 Å². The van der Waals surface area contributed by atoms with Crippen molar-refractivity contribution in [3.05, 3.63) is 47.5 Å². The maximum atomic E-state index is 5.83. The highest BCUT2D eigenvalue weighted by atomic mass is 15.2. The van der Waals surface area contributed by atoms with E-state index >= 15 is 0 Å². The van der Waals surface area contributed by atoms with E-state index in [0.717, 1.165) is 11.6 Å². The van der Waals surface area contributed by atoms with E-state index in [1.165, 1.54) is 5.56 Å². The minimum absolute atomic E-state index is 0.0937. The summed E-state index contributed by atoms with van der Waals surface area (Å²) in [7, 11) is 0. The lowest BCUT2D eigenvalue weighted by Crippen LogP contribution is -2.15. The van der Waals surface area contributed by atoms with Crippen molar-refractivity contribution >= 4 is 0 Å². The molecule has 0 aliphatic heterocycles. The summed E-state index contributed by atoms with van der Waals surface area (Å²) in [5.41, 5.74) is 7.00. The van der Waals surface area contributed by atoms with Gasteiger partial charge in [-0.15, -0.1) is 0 Å². The Morgan fingerprint density at radius 1 is 1.24 bits per heavy atom. The number of nitrogens with zero attached hydrogens (tertiary/aromatic N) is 2. The molecule has 0 aliphatic rings. The van der Waals surface area contributed by atoms with Crippen LogP contribution in [0.3, 0.4) is 0 Å². The Bertz CT molecular complexity index is 461. The number of H-pyrrole nitrogens is 1. The largest absolute Gasteiger partial charge is 0.329 e. The number of aromatic nitrogens is 3. The van der Waals surface area contributed by atoms with Gasteiger partial charge in [0.2, 0.25) is 0 Å². The fourth-order valence-electron chi connectivity index (χ4n) is 1.79. The molecule has 2 aromatic rings. The van der Waals surface area contributed by atoms with Crippen molar-refractivity contribution in [1.29, 1.82) is 0 Å². The molecule has 0 aliphatic carbocycles. The molecule has 0 saturated carbocycles. The van der Waals surface area contributed by atoms with Crippen LogP contribution in [0.25, 0.3) is 0 Å². The van der Waals surface area contributed by atoms with E-state index in [1.54, 1.807) is 0 Å². The minimum Gasteiger partial charge on any atom is -0.329 e. The molecule has 17 heavy (non-hydrogen) atoms. The van der Waals surface area contributed by atoms with Gasteiger partial charge in [-0.1, -0.05) is 44.2 Å². The molecule has 0 spiro atoms. The quantitative estimate of drug-likeness (QED) is 0.844. The van der Waals surface area contributed by atoms with Crippen molar-refractivity contribution < 1.29 is 0 Å². The molecule has 0 amide bonds. The van der Waals surface area contributed by atoms with Crippen molar-refractivity contribution in [3.8, 4) is 0 Å². The molecular formula is C13H18N4. The van der Waals surface area contributed by atoms with Gasteiger partial charge in [-0.2, -0.15) is 5.10 Å². The predicted molar refractivity (Wildman–Crippen MR) is 67.8 cm³/mol. The number of nitrogens with two attached hydrogens (primary N) is 1. The van der Waals surface area contributed by atoms with Crippen LogP contribution in [0.1, 0.15) is 42.9 Å². The highest BCUT2D eigenvalue weighted by molar-refractivity contribution is 5.25. The second kappa shape index (κ2) is 5.10. The van der Waals surface area contributed by atoms with Crippen LogP contribution in [-0.4, -0.2) is 21.7 Å². The third kappa shape index (κ3) is 2.53. The highest BCUT2D eigenvalue weighted by Crippen LogP contribution is 2.21. The molecule has 4 heteroatoms. The molecular weight excluding hydrogens is 212 g/mol. The molecule has 90 valence electrons. The van der Waals surface area contributed by atoms with Gasteiger partial charge in [0.05, 0.1) is 5.92 Å². The highest BCUT2D eigenvalue weighted by Gasteiger charge is 2.17. The van der Waals surface area contributed by atoms with E-state index in [1.807, 2.05) is 18.2 Å². The van der Waals surface area contributed by atoms with Crippen LogP contribution in [0, 0.1) is 0 Å². The predicted octanol–water partition coefficient (Wildman–Crippen LogP) is 2.02. The first kappa shape index (κ1) is 11.8. The summed E-state index contributed by atoms with van der Waals surface area (Å²) in [5.74, 6) is 2.11. The molecule has 1 aromatic heterocycles. The topological polar surface area (TPSA) is 67.6 Å². The van der Waals surface area contributed by atoms with Gasteiger partial charge >= 0.3 is 0 Å². The van der Waals surface area contributed by atoms with Crippen LogP contribution in [0.15, 0.2) is 30.3 Å². The smallest absolute Gasteiger partial charge is 0.153 e. The molecule has 3 N–H and O–H groups in total. The maximum Gasteiger partial charge on any atom is 0.153 e. The Morgan fingerprint density at radius 2 is 1.94 bits per heavy atom. The number of benzene rings is 1. The summed E-state index contributed by atoms with van der Waals surface area (Å²) in [6.07, 6.45) is 0. The lowest BCUT2D eigenvalue weighted by Gasteiger charge is -2.11. The Labute approximate surface area is 101 Å². The Kier molecular flexibility index (Phi) is 3.54. The average molecular weight is 230 g/mol. The van der Waals surface area contributed by atoms with Crippen LogP contribution in [-0.2, 0) is 0 Å². The number of hydrogen-bond acceptors (Lipinski definition) is 3. The molecule has 0 saturated heterocycles. The minimum atomic E-state index is 0.0937. The first-order valence-corrected chi connectivity index (χ1v) is 5.89. The SMILES string of the molecule is CC(C)c1n[nH]c(C(CN)c2ccccc2)n1. The van der Waals surface area contributed by atoms with Gasteiger partial charge in [-0.05, 0) is 5.56 Å². The van der Waals surface area contributed by atoms with E-state index in [-0.39, 0.29) is 5.92 Å². The van der Waals surface area contributed by atoms with Crippen molar-refractivity contribution in [2.75, 3.05) is 6.54 Å². The van der Waals surface area contributed by atoms with Crippen LogP contribution >= 0.6 is 0 Å². The van der Waals surface area contributed by atoms with Gasteiger partial charge < -0.3 is 5.73 Å². The first-order valence-electron chi connectivity index (χ1n) is 5.89. The van der Waals surface area contributed by atoms with Gasteiger partial charge in [-0.25, -0.2) is 4.98 Å². The van der Waals surface area contributed by atoms with Gasteiger partial charge in [0.15, 0.2) is 5.82 Å². The average Bonchev–Trinajstić information content (AvgIpc) is 2.81. The van der Waals surface area contributed by atoms with Crippen LogP contribution in [0.2, 0.25) is 0 Å². The Hall–Kier alpha value is -1.68. The summed E-state index contributed by atoms with van der Waals surface area (Å²) in [5, 5.41) is 7.21. The van der Waals surface area contributed by atoms with Crippen molar-refractivity contribution in [1.82, 2.24) is 15.2 Å². The first-order chi connectivity index (χ1) is 8.22. The van der Waals surface area contributed by atoms with E-state index < -0.39 is 0 Å². The van der Waals surface area contributed by atoms with Crippen molar-refractivity contribution in [2.45, 2.75) is 25.7 Å². The summed E-state index contributed by atoms with van der Waals surface area (Å²) >= 11 is 0. The molecule has 2 rings (SSSR count). The fraction of sp³-hybridized carbons (Fsp3) is 0.385. The zero-order chi connectivity index (χ0) is 12.3. The van der Waals surface area contributed by atoms with Gasteiger partial charge in [0, 0.05) is 12.5 Å². The zero-order valence-electron chi connectivity index (χ0n) is 10.2. The van der Waals surface area contributed by atoms with E-state index in [9.17, 15) is 0 Å². The fourth-order valence-corrected chi connectivity index (χ4v) is 1.79. The van der Waals surface area contributed by atoms with E-state index in [0.29, 0.717) is 12.5 Å². The van der Waals surface area contributed by atoms with E-state index in [4.69, 9.17) is 5.73 Å². The Morgan fingerprint density at radius 3 is 2.47 bits per heavy atom.